The summed E-state index contributed by atoms with van der Waals surface area (Å²) in [4.78, 5) is 18.0. The van der Waals surface area contributed by atoms with Crippen molar-refractivity contribution in [3.63, 3.8) is 0 Å². The summed E-state index contributed by atoms with van der Waals surface area (Å²) in [6.07, 6.45) is 0. The van der Waals surface area contributed by atoms with Gasteiger partial charge in [0.2, 0.25) is 0 Å². The number of hydrogen-bond acceptors (Lipinski definition) is 2. The first-order chi connectivity index (χ1) is 3.46. The van der Waals surface area contributed by atoms with E-state index < -0.39 is 12.0 Å². The van der Waals surface area contributed by atoms with Crippen molar-refractivity contribution in [2.24, 2.45) is 11.5 Å². The zero-order valence-electron chi connectivity index (χ0n) is 4.80. The molecule has 0 heterocycles. The minimum atomic E-state index is -0.833. The van der Waals surface area contributed by atoms with Crippen molar-refractivity contribution in [2.45, 2.75) is 6.92 Å². The number of carboxylic acids is 1. The summed E-state index contributed by atoms with van der Waals surface area (Å²) in [5, 5.41) is 7.42. The molecule has 55 valence electrons. The molecule has 0 aliphatic carbocycles. The predicted octanol–water partition coefficient (Wildman–Crippen LogP) is -0.888. The molecule has 9 heavy (non-hydrogen) atoms. The van der Waals surface area contributed by atoms with Crippen molar-refractivity contribution < 1.29 is 31.8 Å². The van der Waals surface area contributed by atoms with E-state index in [9.17, 15) is 0 Å². The molecule has 0 spiro atoms. The Morgan fingerprint density at radius 3 is 1.33 bits per heavy atom. The van der Waals surface area contributed by atoms with Gasteiger partial charge in [0.25, 0.3) is 5.97 Å². The van der Waals surface area contributed by atoms with Gasteiger partial charge in [0.05, 0.1) is 0 Å². The van der Waals surface area contributed by atoms with E-state index in [-0.39, 0.29) is 17.1 Å². The molecule has 5 nitrogen and oxygen atoms in total. The summed E-state index contributed by atoms with van der Waals surface area (Å²) in [5.41, 5.74) is 8.50. The van der Waals surface area contributed by atoms with Gasteiger partial charge in [-0.1, -0.05) is 0 Å². The van der Waals surface area contributed by atoms with Crippen molar-refractivity contribution in [2.75, 3.05) is 0 Å². The van der Waals surface area contributed by atoms with Crippen LogP contribution >= 0.6 is 0 Å². The monoisotopic (exact) mass is 175 g/mol. The van der Waals surface area contributed by atoms with Crippen LogP contribution in [0.5, 0.6) is 0 Å². The molecule has 1 radical (unpaired) electrons. The summed E-state index contributed by atoms with van der Waals surface area (Å²) in [5.74, 6) is -0.833. The van der Waals surface area contributed by atoms with Crippen LogP contribution in [0.1, 0.15) is 6.92 Å². The molecule has 0 aliphatic rings. The number of carbonyl (C=O) groups excluding carboxylic acids is 1. The van der Waals surface area contributed by atoms with Crippen molar-refractivity contribution in [3.05, 3.63) is 0 Å². The molecule has 0 unspecified atom stereocenters. The molecule has 0 saturated heterocycles. The Morgan fingerprint density at radius 1 is 1.33 bits per heavy atom. The standard InChI is InChI=1S/C2H4O2.CH4N2O.Mn/c1-2(3)4;2-1(3)4;/h1H3,(H,3,4);(H4,2,3,4);. The molecule has 0 fully saturated rings. The quantitative estimate of drug-likeness (QED) is 0.415. The van der Waals surface area contributed by atoms with Crippen molar-refractivity contribution in [1.29, 1.82) is 0 Å². The topological polar surface area (TPSA) is 106 Å². The van der Waals surface area contributed by atoms with Crippen LogP contribution < -0.4 is 11.5 Å². The Kier molecular flexibility index (Phi) is 18.0. The maximum Gasteiger partial charge on any atom is 0.309 e. The molecule has 6 heteroatoms. The van der Waals surface area contributed by atoms with Gasteiger partial charge in [-0.3, -0.25) is 4.79 Å². The van der Waals surface area contributed by atoms with Gasteiger partial charge in [-0.25, -0.2) is 4.79 Å². The van der Waals surface area contributed by atoms with Crippen LogP contribution in [0.2, 0.25) is 0 Å². The summed E-state index contributed by atoms with van der Waals surface area (Å²) in [6.45, 7) is 1.08. The number of carbonyl (C=O) groups is 2. The molecular weight excluding hydrogens is 167 g/mol. The van der Waals surface area contributed by atoms with E-state index in [2.05, 4.69) is 11.5 Å². The van der Waals surface area contributed by atoms with Gasteiger partial charge in [-0.05, 0) is 0 Å². The zero-order chi connectivity index (χ0) is 7.15. The van der Waals surface area contributed by atoms with Gasteiger partial charge in [0, 0.05) is 24.0 Å². The Hall–Kier alpha value is -0.741. The van der Waals surface area contributed by atoms with Gasteiger partial charge in [0.15, 0.2) is 0 Å². The van der Waals surface area contributed by atoms with E-state index in [1.807, 2.05) is 0 Å². The SMILES string of the molecule is CC(=O)O.NC(N)=O.[Mn]. The van der Waals surface area contributed by atoms with Crippen LogP contribution in [0.3, 0.4) is 0 Å². The van der Waals surface area contributed by atoms with Gasteiger partial charge in [-0.2, -0.15) is 0 Å². The van der Waals surface area contributed by atoms with Gasteiger partial charge in [0.1, 0.15) is 0 Å². The first-order valence-electron chi connectivity index (χ1n) is 1.71. The summed E-state index contributed by atoms with van der Waals surface area (Å²) < 4.78 is 0. The summed E-state index contributed by atoms with van der Waals surface area (Å²) in [7, 11) is 0. The maximum absolute atomic E-state index is 9.00. The smallest absolute Gasteiger partial charge is 0.309 e. The third-order valence-electron chi connectivity index (χ3n) is 0. The number of primary amides is 2. The molecular formula is C3H8MnN2O3. The van der Waals surface area contributed by atoms with Crippen LogP contribution in [0.15, 0.2) is 0 Å². The van der Waals surface area contributed by atoms with Crippen LogP contribution in [0.4, 0.5) is 4.79 Å². The van der Waals surface area contributed by atoms with E-state index in [0.717, 1.165) is 6.92 Å². The van der Waals surface area contributed by atoms with Crippen LogP contribution in [0.25, 0.3) is 0 Å². The Morgan fingerprint density at radius 2 is 1.33 bits per heavy atom. The fourth-order valence-electron chi connectivity index (χ4n) is 0. The molecule has 0 bridgehead atoms. The summed E-state index contributed by atoms with van der Waals surface area (Å²) in [6, 6.07) is -0.833. The molecule has 0 aromatic heterocycles. The molecule has 0 rings (SSSR count). The molecule has 0 saturated carbocycles. The van der Waals surface area contributed by atoms with Crippen molar-refractivity contribution in [1.82, 2.24) is 0 Å². The van der Waals surface area contributed by atoms with Gasteiger partial charge in [-0.15, -0.1) is 0 Å². The second-order valence-electron chi connectivity index (χ2n) is 0.921. The zero-order valence-corrected chi connectivity index (χ0v) is 5.98. The molecule has 0 aliphatic heterocycles. The molecule has 0 atom stereocenters. The van der Waals surface area contributed by atoms with Gasteiger partial charge < -0.3 is 16.6 Å². The largest absolute Gasteiger partial charge is 0.481 e. The summed E-state index contributed by atoms with van der Waals surface area (Å²) >= 11 is 0. The number of rotatable bonds is 0. The maximum atomic E-state index is 9.00. The molecule has 2 amide bonds. The average Bonchev–Trinajstić information content (AvgIpc) is 1.25. The van der Waals surface area contributed by atoms with Crippen LogP contribution in [0, 0.1) is 0 Å². The van der Waals surface area contributed by atoms with E-state index in [0.29, 0.717) is 0 Å². The Labute approximate surface area is 62.9 Å². The van der Waals surface area contributed by atoms with E-state index in [4.69, 9.17) is 14.7 Å². The Bertz CT molecular complexity index is 75.1. The van der Waals surface area contributed by atoms with E-state index >= 15 is 0 Å². The molecule has 0 aromatic rings. The van der Waals surface area contributed by atoms with Crippen LogP contribution in [-0.2, 0) is 21.9 Å². The molecule has 5 N–H and O–H groups in total. The van der Waals surface area contributed by atoms with Crippen molar-refractivity contribution in [3.8, 4) is 0 Å². The Balaban J connectivity index is -0.0000000720. The predicted molar refractivity (Wildman–Crippen MR) is 27.1 cm³/mol. The first kappa shape index (κ1) is 15.7. The third kappa shape index (κ3) is 366. The van der Waals surface area contributed by atoms with Gasteiger partial charge >= 0.3 is 6.03 Å². The number of carboxylic acid groups (broad SMARTS) is 1. The minimum absolute atomic E-state index is 0. The minimum Gasteiger partial charge on any atom is -0.481 e. The fourth-order valence-corrected chi connectivity index (χ4v) is 0. The van der Waals surface area contributed by atoms with Crippen LogP contribution in [-0.4, -0.2) is 17.1 Å². The average molecular weight is 175 g/mol. The van der Waals surface area contributed by atoms with Crippen molar-refractivity contribution >= 4 is 12.0 Å². The number of aliphatic carboxylic acids is 1. The fraction of sp³-hybridized carbons (Fsp3) is 0.333. The normalized spacial score (nSPS) is 5.44. The van der Waals surface area contributed by atoms with E-state index in [1.54, 1.807) is 0 Å². The number of nitrogens with two attached hydrogens (primary N) is 2. The second-order valence-corrected chi connectivity index (χ2v) is 0.921. The first-order valence-corrected chi connectivity index (χ1v) is 1.71. The number of urea groups is 1. The second kappa shape index (κ2) is 10.3. The van der Waals surface area contributed by atoms with E-state index in [1.165, 1.54) is 0 Å². The number of hydrogen-bond donors (Lipinski definition) is 3. The molecule has 0 aromatic carbocycles. The number of amides is 2. The third-order valence-corrected chi connectivity index (χ3v) is 0.